The van der Waals surface area contributed by atoms with Crippen LogP contribution in [0.5, 0.6) is 11.5 Å². The predicted molar refractivity (Wildman–Crippen MR) is 145 cm³/mol. The first-order chi connectivity index (χ1) is 18.0. The molecule has 10 heteroatoms. The lowest BCUT2D eigenvalue weighted by atomic mass is 9.98. The number of hydrogen-bond acceptors (Lipinski definition) is 10. The first-order valence-corrected chi connectivity index (χ1v) is 13.4. The molecular weight excluding hydrogens is 506 g/mol. The van der Waals surface area contributed by atoms with E-state index in [0.29, 0.717) is 5.56 Å². The highest BCUT2D eigenvalue weighted by atomic mass is 16.7. The first-order valence-electron chi connectivity index (χ1n) is 13.4. The van der Waals surface area contributed by atoms with Gasteiger partial charge in [0, 0.05) is 0 Å². The fourth-order valence-electron chi connectivity index (χ4n) is 2.96. The minimum absolute atomic E-state index is 0.0384. The highest BCUT2D eigenvalue weighted by Gasteiger charge is 2.27. The molecule has 1 aromatic carbocycles. The Balaban J connectivity index is 3.02. The second-order valence-electron chi connectivity index (χ2n) is 10.9. The van der Waals surface area contributed by atoms with Crippen molar-refractivity contribution in [1.29, 1.82) is 0 Å². The van der Waals surface area contributed by atoms with Crippen molar-refractivity contribution in [3.63, 3.8) is 0 Å². The van der Waals surface area contributed by atoms with Crippen LogP contribution in [0.25, 0.3) is 0 Å². The molecule has 0 aromatic heterocycles. The maximum atomic E-state index is 12.7. The second-order valence-corrected chi connectivity index (χ2v) is 10.9. The summed E-state index contributed by atoms with van der Waals surface area (Å²) in [5, 5.41) is 0. The van der Waals surface area contributed by atoms with E-state index in [0.717, 1.165) is 0 Å². The van der Waals surface area contributed by atoms with Crippen molar-refractivity contribution >= 4 is 24.1 Å². The normalized spacial score (nSPS) is 15.2. The summed E-state index contributed by atoms with van der Waals surface area (Å²) in [6.45, 7) is 17.7. The maximum Gasteiger partial charge on any atom is 0.508 e. The number of benzene rings is 1. The molecule has 0 heterocycles. The number of carbonyl (C=O) groups excluding carboxylic acids is 4. The molecule has 1 aromatic rings. The lowest BCUT2D eigenvalue weighted by Crippen LogP contribution is -2.39. The van der Waals surface area contributed by atoms with Crippen molar-refractivity contribution in [3.05, 3.63) is 23.8 Å². The predicted octanol–water partition coefficient (Wildman–Crippen LogP) is 4.83. The summed E-state index contributed by atoms with van der Waals surface area (Å²) in [4.78, 5) is 49.6. The summed E-state index contributed by atoms with van der Waals surface area (Å²) in [6, 6.07) is 3.61. The molecule has 0 saturated carbocycles. The van der Waals surface area contributed by atoms with E-state index in [1.165, 1.54) is 12.1 Å². The molecule has 2 N–H and O–H groups in total. The van der Waals surface area contributed by atoms with E-state index in [4.69, 9.17) is 29.4 Å². The van der Waals surface area contributed by atoms with Crippen LogP contribution in [0, 0.1) is 23.7 Å². The Bertz CT molecular complexity index is 989. The van der Waals surface area contributed by atoms with Gasteiger partial charge in [-0.15, -0.1) is 0 Å². The lowest BCUT2D eigenvalue weighted by molar-refractivity contribution is -0.155. The topological polar surface area (TPSA) is 140 Å². The van der Waals surface area contributed by atoms with E-state index >= 15 is 0 Å². The molecule has 0 amide bonds. The summed E-state index contributed by atoms with van der Waals surface area (Å²) >= 11 is 0. The van der Waals surface area contributed by atoms with Crippen molar-refractivity contribution in [1.82, 2.24) is 0 Å². The number of carbonyl (C=O) groups is 4. The average Bonchev–Trinajstić information content (AvgIpc) is 2.83. The van der Waals surface area contributed by atoms with Crippen LogP contribution >= 0.6 is 0 Å². The fourth-order valence-corrected chi connectivity index (χ4v) is 2.96. The zero-order chi connectivity index (χ0) is 30.0. The molecular formula is C29H45NO9. The van der Waals surface area contributed by atoms with Gasteiger partial charge in [-0.05, 0) is 63.6 Å². The summed E-state index contributed by atoms with van der Waals surface area (Å²) < 4.78 is 26.6. The molecule has 0 radical (unpaired) electrons. The standard InChI is InChI=1S/C29H45NO9/c1-15(2)18(7)26(31)38-24-12-11-22(14-25(24)39-27(32)19(8)16(3)4)13-23(30)28(33)36-20(9)21(10)37-29(34)35-17(5)6/h11-12,14-21,23H,13,30H2,1-10H3/t18?,19?,20-,21-,23-/m0/s1. The Morgan fingerprint density at radius 3 is 1.64 bits per heavy atom. The quantitative estimate of drug-likeness (QED) is 0.268. The molecule has 0 bridgehead atoms. The van der Waals surface area contributed by atoms with Gasteiger partial charge in [-0.2, -0.15) is 0 Å². The van der Waals surface area contributed by atoms with E-state index in [9.17, 15) is 19.2 Å². The molecule has 10 nitrogen and oxygen atoms in total. The smallest absolute Gasteiger partial charge is 0.458 e. The van der Waals surface area contributed by atoms with Crippen LogP contribution in [-0.4, -0.2) is 48.4 Å². The third kappa shape index (κ3) is 11.2. The number of rotatable bonds is 13. The van der Waals surface area contributed by atoms with Crippen LogP contribution in [0.15, 0.2) is 18.2 Å². The minimum Gasteiger partial charge on any atom is -0.458 e. The molecule has 5 atom stereocenters. The number of esters is 3. The highest BCUT2D eigenvalue weighted by molar-refractivity contribution is 5.79. The van der Waals surface area contributed by atoms with Crippen molar-refractivity contribution < 1.29 is 42.9 Å². The largest absolute Gasteiger partial charge is 0.508 e. The third-order valence-electron chi connectivity index (χ3n) is 6.51. The van der Waals surface area contributed by atoms with E-state index in [1.807, 2.05) is 27.7 Å². The molecule has 39 heavy (non-hydrogen) atoms. The fraction of sp³-hybridized carbons (Fsp3) is 0.655. The number of nitrogens with two attached hydrogens (primary N) is 1. The molecule has 0 saturated heterocycles. The maximum absolute atomic E-state index is 12.7. The molecule has 1 rings (SSSR count). The Hall–Kier alpha value is -3.14. The highest BCUT2D eigenvalue weighted by Crippen LogP contribution is 2.31. The molecule has 0 spiro atoms. The Kier molecular flexibility index (Phi) is 13.4. The van der Waals surface area contributed by atoms with Gasteiger partial charge in [0.05, 0.1) is 17.9 Å². The number of hydrogen-bond donors (Lipinski definition) is 1. The van der Waals surface area contributed by atoms with Crippen molar-refractivity contribution in [2.24, 2.45) is 29.4 Å². The van der Waals surface area contributed by atoms with Crippen LogP contribution in [0.3, 0.4) is 0 Å². The van der Waals surface area contributed by atoms with E-state index in [2.05, 4.69) is 0 Å². The van der Waals surface area contributed by atoms with Gasteiger partial charge in [-0.1, -0.05) is 47.6 Å². The Morgan fingerprint density at radius 2 is 1.15 bits per heavy atom. The van der Waals surface area contributed by atoms with E-state index in [1.54, 1.807) is 47.6 Å². The van der Waals surface area contributed by atoms with Crippen molar-refractivity contribution in [2.75, 3.05) is 0 Å². The Morgan fingerprint density at radius 1 is 0.667 bits per heavy atom. The zero-order valence-corrected chi connectivity index (χ0v) is 24.8. The SMILES string of the molecule is CC(C)OC(=O)O[C@@H](C)[C@H](C)OC(=O)[C@@H](N)Cc1ccc(OC(=O)C(C)C(C)C)c(OC(=O)C(C)C(C)C)c1. The molecule has 0 fully saturated rings. The van der Waals surface area contributed by atoms with Gasteiger partial charge in [-0.3, -0.25) is 14.4 Å². The van der Waals surface area contributed by atoms with Crippen molar-refractivity contribution in [3.8, 4) is 11.5 Å². The first kappa shape index (κ1) is 33.9. The molecule has 0 aliphatic carbocycles. The van der Waals surface area contributed by atoms with E-state index < -0.39 is 48.2 Å². The average molecular weight is 552 g/mol. The zero-order valence-electron chi connectivity index (χ0n) is 24.8. The van der Waals surface area contributed by atoms with Gasteiger partial charge in [0.2, 0.25) is 0 Å². The van der Waals surface area contributed by atoms with Gasteiger partial charge in [0.15, 0.2) is 11.5 Å². The van der Waals surface area contributed by atoms with Gasteiger partial charge in [0.25, 0.3) is 0 Å². The lowest BCUT2D eigenvalue weighted by Gasteiger charge is -2.23. The molecule has 0 aliphatic heterocycles. The molecule has 220 valence electrons. The Labute approximate surface area is 231 Å². The van der Waals surface area contributed by atoms with Crippen LogP contribution < -0.4 is 15.2 Å². The van der Waals surface area contributed by atoms with Gasteiger partial charge in [0.1, 0.15) is 18.2 Å². The summed E-state index contributed by atoms with van der Waals surface area (Å²) in [5.41, 5.74) is 6.66. The summed E-state index contributed by atoms with van der Waals surface area (Å²) in [6.07, 6.45) is -2.69. The summed E-state index contributed by atoms with van der Waals surface area (Å²) in [7, 11) is 0. The number of ether oxygens (including phenoxy) is 5. The van der Waals surface area contributed by atoms with E-state index in [-0.39, 0.29) is 41.8 Å². The second kappa shape index (κ2) is 15.5. The third-order valence-corrected chi connectivity index (χ3v) is 6.51. The molecule has 2 unspecified atom stereocenters. The van der Waals surface area contributed by atoms with Gasteiger partial charge < -0.3 is 29.4 Å². The summed E-state index contributed by atoms with van der Waals surface area (Å²) in [5.74, 6) is -2.13. The van der Waals surface area contributed by atoms with Crippen LogP contribution in [0.1, 0.15) is 74.8 Å². The minimum atomic E-state index is -1.06. The van der Waals surface area contributed by atoms with Crippen LogP contribution in [0.4, 0.5) is 4.79 Å². The van der Waals surface area contributed by atoms with Gasteiger partial charge >= 0.3 is 24.1 Å². The monoisotopic (exact) mass is 551 g/mol. The van der Waals surface area contributed by atoms with Crippen LogP contribution in [0.2, 0.25) is 0 Å². The van der Waals surface area contributed by atoms with Crippen molar-refractivity contribution in [2.45, 2.75) is 100 Å². The van der Waals surface area contributed by atoms with Crippen LogP contribution in [-0.2, 0) is 35.0 Å². The molecule has 0 aliphatic rings. The van der Waals surface area contributed by atoms with Gasteiger partial charge in [-0.25, -0.2) is 4.79 Å².